The van der Waals surface area contributed by atoms with Crippen LogP contribution in [-0.2, 0) is 6.54 Å². The summed E-state index contributed by atoms with van der Waals surface area (Å²) in [7, 11) is 1.57. The number of aromatic nitrogens is 1. The molecule has 5 heteroatoms. The SMILES string of the molecule is COc1ccc(CNc2cccc(Cl)c2C#N)cn1. The van der Waals surface area contributed by atoms with Gasteiger partial charge in [-0.05, 0) is 17.7 Å². The first-order valence-corrected chi connectivity index (χ1v) is 6.04. The van der Waals surface area contributed by atoms with E-state index >= 15 is 0 Å². The zero-order valence-corrected chi connectivity index (χ0v) is 11.1. The van der Waals surface area contributed by atoms with E-state index in [2.05, 4.69) is 16.4 Å². The van der Waals surface area contributed by atoms with Gasteiger partial charge in [0.05, 0.1) is 23.4 Å². The van der Waals surface area contributed by atoms with Gasteiger partial charge in [0.25, 0.3) is 0 Å². The van der Waals surface area contributed by atoms with Gasteiger partial charge in [0, 0.05) is 18.8 Å². The van der Waals surface area contributed by atoms with Crippen LogP contribution < -0.4 is 10.1 Å². The van der Waals surface area contributed by atoms with Gasteiger partial charge in [0.2, 0.25) is 5.88 Å². The van der Waals surface area contributed by atoms with Crippen molar-refractivity contribution in [3.63, 3.8) is 0 Å². The van der Waals surface area contributed by atoms with Gasteiger partial charge in [-0.25, -0.2) is 4.98 Å². The third-order valence-corrected chi connectivity index (χ3v) is 2.93. The van der Waals surface area contributed by atoms with Crippen molar-refractivity contribution in [1.29, 1.82) is 5.26 Å². The third-order valence-electron chi connectivity index (χ3n) is 2.62. The van der Waals surface area contributed by atoms with E-state index in [9.17, 15) is 0 Å². The van der Waals surface area contributed by atoms with Crippen molar-refractivity contribution in [2.45, 2.75) is 6.54 Å². The van der Waals surface area contributed by atoms with Crippen LogP contribution in [0.25, 0.3) is 0 Å². The summed E-state index contributed by atoms with van der Waals surface area (Å²) in [5, 5.41) is 12.7. The van der Waals surface area contributed by atoms with Crippen molar-refractivity contribution in [3.8, 4) is 11.9 Å². The molecular weight excluding hydrogens is 262 g/mol. The van der Waals surface area contributed by atoms with Crippen LogP contribution in [0, 0.1) is 11.3 Å². The van der Waals surface area contributed by atoms with Gasteiger partial charge in [0.15, 0.2) is 0 Å². The zero-order chi connectivity index (χ0) is 13.7. The Hall–Kier alpha value is -2.25. The minimum atomic E-state index is 0.445. The lowest BCUT2D eigenvalue weighted by Gasteiger charge is -2.09. The van der Waals surface area contributed by atoms with Gasteiger partial charge in [-0.15, -0.1) is 0 Å². The summed E-state index contributed by atoms with van der Waals surface area (Å²) in [5.74, 6) is 0.573. The molecule has 0 aliphatic carbocycles. The molecule has 0 spiro atoms. The van der Waals surface area contributed by atoms with Crippen LogP contribution >= 0.6 is 11.6 Å². The second-order valence-corrected chi connectivity index (χ2v) is 4.24. The summed E-state index contributed by atoms with van der Waals surface area (Å²) in [6.07, 6.45) is 1.72. The number of pyridine rings is 1. The van der Waals surface area contributed by atoms with Crippen LogP contribution in [0.1, 0.15) is 11.1 Å². The maximum atomic E-state index is 9.06. The molecule has 1 heterocycles. The average molecular weight is 274 g/mol. The van der Waals surface area contributed by atoms with Crippen molar-refractivity contribution in [2.24, 2.45) is 0 Å². The van der Waals surface area contributed by atoms with Gasteiger partial charge < -0.3 is 10.1 Å². The molecule has 96 valence electrons. The van der Waals surface area contributed by atoms with E-state index in [0.29, 0.717) is 28.7 Å². The fourth-order valence-corrected chi connectivity index (χ4v) is 1.84. The second kappa shape index (κ2) is 6.07. The number of methoxy groups -OCH3 is 1. The minimum absolute atomic E-state index is 0.445. The number of anilines is 1. The fourth-order valence-electron chi connectivity index (χ4n) is 1.62. The van der Waals surface area contributed by atoms with Crippen molar-refractivity contribution in [3.05, 3.63) is 52.7 Å². The Bertz CT molecular complexity index is 605. The molecule has 0 amide bonds. The molecule has 0 aliphatic rings. The quantitative estimate of drug-likeness (QED) is 0.929. The normalized spacial score (nSPS) is 9.74. The van der Waals surface area contributed by atoms with Crippen LogP contribution in [0.15, 0.2) is 36.5 Å². The molecule has 1 aromatic carbocycles. The lowest BCUT2D eigenvalue weighted by atomic mass is 10.2. The Morgan fingerprint density at radius 1 is 1.37 bits per heavy atom. The van der Waals surface area contributed by atoms with Gasteiger partial charge in [-0.3, -0.25) is 0 Å². The van der Waals surface area contributed by atoms with Gasteiger partial charge in [-0.2, -0.15) is 5.26 Å². The summed E-state index contributed by atoms with van der Waals surface area (Å²) in [4.78, 5) is 4.12. The molecule has 0 bridgehead atoms. The summed E-state index contributed by atoms with van der Waals surface area (Å²) >= 11 is 5.96. The molecule has 4 nitrogen and oxygen atoms in total. The fraction of sp³-hybridized carbons (Fsp3) is 0.143. The number of halogens is 1. The summed E-state index contributed by atoms with van der Waals surface area (Å²) in [6, 6.07) is 11.1. The average Bonchev–Trinajstić information content (AvgIpc) is 2.45. The smallest absolute Gasteiger partial charge is 0.212 e. The summed E-state index contributed by atoms with van der Waals surface area (Å²) < 4.78 is 4.99. The molecule has 0 fully saturated rings. The highest BCUT2D eigenvalue weighted by molar-refractivity contribution is 6.32. The van der Waals surface area contributed by atoms with E-state index < -0.39 is 0 Å². The van der Waals surface area contributed by atoms with Gasteiger partial charge >= 0.3 is 0 Å². The second-order valence-electron chi connectivity index (χ2n) is 3.84. The Labute approximate surface area is 116 Å². The van der Waals surface area contributed by atoms with Crippen molar-refractivity contribution in [1.82, 2.24) is 4.98 Å². The van der Waals surface area contributed by atoms with Crippen molar-refractivity contribution < 1.29 is 4.74 Å². The zero-order valence-electron chi connectivity index (χ0n) is 10.4. The molecule has 0 radical (unpaired) electrons. The minimum Gasteiger partial charge on any atom is -0.481 e. The Kier molecular flexibility index (Phi) is 4.22. The van der Waals surface area contributed by atoms with Crippen LogP contribution in [0.4, 0.5) is 5.69 Å². The first-order valence-electron chi connectivity index (χ1n) is 5.66. The first kappa shape index (κ1) is 13.2. The first-order chi connectivity index (χ1) is 9.24. The number of nitrogens with zero attached hydrogens (tertiary/aromatic N) is 2. The van der Waals surface area contributed by atoms with Crippen molar-refractivity contribution >= 4 is 17.3 Å². The number of nitriles is 1. The number of ether oxygens (including phenoxy) is 1. The number of benzene rings is 1. The van der Waals surface area contributed by atoms with E-state index in [1.807, 2.05) is 12.1 Å². The highest BCUT2D eigenvalue weighted by atomic mass is 35.5. The lowest BCUT2D eigenvalue weighted by Crippen LogP contribution is -2.02. The number of hydrogen-bond acceptors (Lipinski definition) is 4. The Balaban J connectivity index is 2.10. The largest absolute Gasteiger partial charge is 0.481 e. The topological polar surface area (TPSA) is 57.9 Å². The highest BCUT2D eigenvalue weighted by Gasteiger charge is 2.05. The lowest BCUT2D eigenvalue weighted by molar-refractivity contribution is 0.397. The molecule has 0 atom stereocenters. The van der Waals surface area contributed by atoms with E-state index in [0.717, 1.165) is 5.56 Å². The van der Waals surface area contributed by atoms with Crippen molar-refractivity contribution in [2.75, 3.05) is 12.4 Å². The predicted molar refractivity (Wildman–Crippen MR) is 74.3 cm³/mol. The maximum absolute atomic E-state index is 9.06. The molecule has 1 aromatic heterocycles. The molecule has 0 unspecified atom stereocenters. The molecule has 0 saturated heterocycles. The number of rotatable bonds is 4. The van der Waals surface area contributed by atoms with E-state index in [4.69, 9.17) is 21.6 Å². The third kappa shape index (κ3) is 3.15. The molecule has 0 aliphatic heterocycles. The molecule has 2 rings (SSSR count). The maximum Gasteiger partial charge on any atom is 0.212 e. The standard InChI is InChI=1S/C14H12ClN3O/c1-19-14-6-5-10(9-18-14)8-17-13-4-2-3-12(15)11(13)7-16/h2-6,9,17H,8H2,1H3. The monoisotopic (exact) mass is 273 g/mol. The van der Waals surface area contributed by atoms with Crippen LogP contribution in [0.3, 0.4) is 0 Å². The van der Waals surface area contributed by atoms with Gasteiger partial charge in [-0.1, -0.05) is 23.7 Å². The predicted octanol–water partition coefficient (Wildman–Crippen LogP) is 3.23. The molecular formula is C14H12ClN3O. The van der Waals surface area contributed by atoms with Crippen LogP contribution in [0.5, 0.6) is 5.88 Å². The Morgan fingerprint density at radius 2 is 2.21 bits per heavy atom. The molecule has 0 saturated carbocycles. The van der Waals surface area contributed by atoms with Crippen LogP contribution in [0.2, 0.25) is 5.02 Å². The highest BCUT2D eigenvalue weighted by Crippen LogP contribution is 2.23. The van der Waals surface area contributed by atoms with E-state index in [1.54, 1.807) is 31.5 Å². The van der Waals surface area contributed by atoms with E-state index in [1.165, 1.54) is 0 Å². The van der Waals surface area contributed by atoms with Gasteiger partial charge in [0.1, 0.15) is 6.07 Å². The number of hydrogen-bond donors (Lipinski definition) is 1. The number of nitrogens with one attached hydrogen (secondary N) is 1. The Morgan fingerprint density at radius 3 is 2.84 bits per heavy atom. The molecule has 19 heavy (non-hydrogen) atoms. The molecule has 1 N–H and O–H groups in total. The van der Waals surface area contributed by atoms with E-state index in [-0.39, 0.29) is 0 Å². The summed E-state index contributed by atoms with van der Waals surface area (Å²) in [5.41, 5.74) is 2.15. The summed E-state index contributed by atoms with van der Waals surface area (Å²) in [6.45, 7) is 0.562. The van der Waals surface area contributed by atoms with Crippen LogP contribution in [-0.4, -0.2) is 12.1 Å². The molecule has 2 aromatic rings.